The van der Waals surface area contributed by atoms with Crippen LogP contribution in [-0.4, -0.2) is 53.5 Å². The smallest absolute Gasteiger partial charge is 0.227 e. The van der Waals surface area contributed by atoms with Crippen molar-refractivity contribution in [2.75, 3.05) is 37.6 Å². The van der Waals surface area contributed by atoms with Crippen LogP contribution in [0, 0.1) is 5.92 Å². The van der Waals surface area contributed by atoms with Gasteiger partial charge in [0.25, 0.3) is 0 Å². The Kier molecular flexibility index (Phi) is 5.93. The molecule has 1 aromatic heterocycles. The fraction of sp³-hybridized carbons (Fsp3) is 0.643. The van der Waals surface area contributed by atoms with E-state index in [0.717, 1.165) is 30.4 Å². The molecular weight excluding hydrogens is 334 g/mol. The molecule has 1 unspecified atom stereocenters. The number of rotatable bonds is 5. The Bertz CT molecular complexity index is 459. The lowest BCUT2D eigenvalue weighted by atomic mass is 10.0. The molecule has 1 saturated heterocycles. The number of aromatic nitrogens is 2. The van der Waals surface area contributed by atoms with Gasteiger partial charge in [0.1, 0.15) is 0 Å². The molecule has 1 aliphatic heterocycles. The highest BCUT2D eigenvalue weighted by atomic mass is 79.9. The number of halogens is 1. The van der Waals surface area contributed by atoms with Crippen LogP contribution in [0.1, 0.15) is 19.8 Å². The van der Waals surface area contributed by atoms with E-state index in [0.29, 0.717) is 25.6 Å². The fourth-order valence-corrected chi connectivity index (χ4v) is 2.75. The summed E-state index contributed by atoms with van der Waals surface area (Å²) in [6, 6.07) is 0. The van der Waals surface area contributed by atoms with Crippen LogP contribution in [0.25, 0.3) is 0 Å². The molecule has 0 saturated carbocycles. The highest BCUT2D eigenvalue weighted by Crippen LogP contribution is 2.15. The van der Waals surface area contributed by atoms with E-state index in [2.05, 4.69) is 37.7 Å². The van der Waals surface area contributed by atoms with Gasteiger partial charge in [-0.05, 0) is 22.4 Å². The summed E-state index contributed by atoms with van der Waals surface area (Å²) in [6.45, 7) is 5.45. The molecule has 116 valence electrons. The normalized spacial score (nSPS) is 16.9. The summed E-state index contributed by atoms with van der Waals surface area (Å²) >= 11 is 3.33. The summed E-state index contributed by atoms with van der Waals surface area (Å²) in [5, 5.41) is 0. The van der Waals surface area contributed by atoms with Gasteiger partial charge in [-0.15, -0.1) is 0 Å². The largest absolute Gasteiger partial charge is 0.339 e. The molecule has 0 radical (unpaired) electrons. The minimum absolute atomic E-state index is 0.0366. The van der Waals surface area contributed by atoms with Crippen molar-refractivity contribution in [3.8, 4) is 0 Å². The predicted molar refractivity (Wildman–Crippen MR) is 86.0 cm³/mol. The molecule has 6 nitrogen and oxygen atoms in total. The molecular formula is C14H22BrN5O. The molecule has 2 N–H and O–H groups in total. The maximum absolute atomic E-state index is 12.4. The van der Waals surface area contributed by atoms with Gasteiger partial charge >= 0.3 is 0 Å². The average molecular weight is 356 g/mol. The van der Waals surface area contributed by atoms with Gasteiger partial charge in [-0.3, -0.25) is 4.79 Å². The first-order valence-corrected chi connectivity index (χ1v) is 8.16. The van der Waals surface area contributed by atoms with Crippen molar-refractivity contribution in [2.24, 2.45) is 11.7 Å². The van der Waals surface area contributed by atoms with Crippen LogP contribution in [-0.2, 0) is 4.79 Å². The monoisotopic (exact) mass is 355 g/mol. The minimum atomic E-state index is -0.0366. The van der Waals surface area contributed by atoms with Gasteiger partial charge in [-0.1, -0.05) is 13.3 Å². The maximum Gasteiger partial charge on any atom is 0.227 e. The standard InChI is InChI=1S/C14H22BrN5O/c1-2-3-11(8-16)13(21)19-4-6-20(7-5-19)14-17-9-12(15)10-18-14/h9-11H,2-8,16H2,1H3. The first-order chi connectivity index (χ1) is 10.2. The highest BCUT2D eigenvalue weighted by molar-refractivity contribution is 9.10. The number of anilines is 1. The maximum atomic E-state index is 12.4. The van der Waals surface area contributed by atoms with Crippen molar-refractivity contribution in [1.82, 2.24) is 14.9 Å². The molecule has 1 aromatic rings. The molecule has 2 rings (SSSR count). The first kappa shape index (κ1) is 16.2. The lowest BCUT2D eigenvalue weighted by Gasteiger charge is -2.36. The van der Waals surface area contributed by atoms with E-state index < -0.39 is 0 Å². The Labute approximate surface area is 133 Å². The van der Waals surface area contributed by atoms with Crippen LogP contribution in [0.5, 0.6) is 0 Å². The van der Waals surface area contributed by atoms with Crippen molar-refractivity contribution in [2.45, 2.75) is 19.8 Å². The summed E-state index contributed by atoms with van der Waals surface area (Å²) < 4.78 is 0.866. The first-order valence-electron chi connectivity index (χ1n) is 7.37. The third-order valence-electron chi connectivity index (χ3n) is 3.75. The number of carbonyl (C=O) groups excluding carboxylic acids is 1. The SMILES string of the molecule is CCCC(CN)C(=O)N1CCN(c2ncc(Br)cn2)CC1. The van der Waals surface area contributed by atoms with Gasteiger partial charge in [0, 0.05) is 45.1 Å². The van der Waals surface area contributed by atoms with Gasteiger partial charge in [0.15, 0.2) is 0 Å². The molecule has 0 spiro atoms. The number of nitrogens with two attached hydrogens (primary N) is 1. The Morgan fingerprint density at radius 3 is 2.48 bits per heavy atom. The molecule has 7 heteroatoms. The van der Waals surface area contributed by atoms with E-state index in [1.54, 1.807) is 12.4 Å². The number of carbonyl (C=O) groups is 1. The van der Waals surface area contributed by atoms with E-state index in [1.807, 2.05) is 4.90 Å². The lowest BCUT2D eigenvalue weighted by molar-refractivity contribution is -0.135. The second-order valence-corrected chi connectivity index (χ2v) is 6.15. The molecule has 1 aliphatic rings. The zero-order chi connectivity index (χ0) is 15.2. The van der Waals surface area contributed by atoms with Crippen LogP contribution < -0.4 is 10.6 Å². The molecule has 0 aliphatic carbocycles. The van der Waals surface area contributed by atoms with Crippen molar-refractivity contribution >= 4 is 27.8 Å². The van der Waals surface area contributed by atoms with Crippen molar-refractivity contribution < 1.29 is 4.79 Å². The zero-order valence-electron chi connectivity index (χ0n) is 12.3. The number of piperazine rings is 1. The van der Waals surface area contributed by atoms with Gasteiger partial charge in [0.05, 0.1) is 10.4 Å². The number of hydrogen-bond donors (Lipinski definition) is 1. The van der Waals surface area contributed by atoms with Crippen LogP contribution in [0.4, 0.5) is 5.95 Å². The Balaban J connectivity index is 1.90. The van der Waals surface area contributed by atoms with Crippen LogP contribution >= 0.6 is 15.9 Å². The zero-order valence-corrected chi connectivity index (χ0v) is 13.9. The molecule has 2 heterocycles. The molecule has 1 fully saturated rings. The third-order valence-corrected chi connectivity index (χ3v) is 4.16. The van der Waals surface area contributed by atoms with E-state index in [4.69, 9.17) is 5.73 Å². The van der Waals surface area contributed by atoms with Crippen molar-refractivity contribution in [1.29, 1.82) is 0 Å². The Hall–Kier alpha value is -1.21. The number of hydrogen-bond acceptors (Lipinski definition) is 5. The van der Waals surface area contributed by atoms with Gasteiger partial charge in [0.2, 0.25) is 11.9 Å². The molecule has 21 heavy (non-hydrogen) atoms. The number of nitrogens with zero attached hydrogens (tertiary/aromatic N) is 4. The minimum Gasteiger partial charge on any atom is -0.339 e. The summed E-state index contributed by atoms with van der Waals surface area (Å²) in [6.07, 6.45) is 5.34. The summed E-state index contributed by atoms with van der Waals surface area (Å²) in [4.78, 5) is 25.0. The summed E-state index contributed by atoms with van der Waals surface area (Å²) in [5.41, 5.74) is 5.72. The Morgan fingerprint density at radius 1 is 1.33 bits per heavy atom. The topological polar surface area (TPSA) is 75.4 Å². The van der Waals surface area contributed by atoms with Gasteiger partial charge in [-0.2, -0.15) is 0 Å². The highest BCUT2D eigenvalue weighted by Gasteiger charge is 2.26. The second kappa shape index (κ2) is 7.70. The quantitative estimate of drug-likeness (QED) is 0.860. The van der Waals surface area contributed by atoms with E-state index in [1.165, 1.54) is 0 Å². The second-order valence-electron chi connectivity index (χ2n) is 5.23. The summed E-state index contributed by atoms with van der Waals surface area (Å²) in [7, 11) is 0. The van der Waals surface area contributed by atoms with E-state index in [-0.39, 0.29) is 11.8 Å². The van der Waals surface area contributed by atoms with Gasteiger partial charge < -0.3 is 15.5 Å². The molecule has 1 amide bonds. The molecule has 0 bridgehead atoms. The fourth-order valence-electron chi connectivity index (χ4n) is 2.54. The van der Waals surface area contributed by atoms with Crippen LogP contribution in [0.15, 0.2) is 16.9 Å². The van der Waals surface area contributed by atoms with Gasteiger partial charge in [-0.25, -0.2) is 9.97 Å². The van der Waals surface area contributed by atoms with E-state index in [9.17, 15) is 4.79 Å². The van der Waals surface area contributed by atoms with Crippen LogP contribution in [0.3, 0.4) is 0 Å². The lowest BCUT2D eigenvalue weighted by Crippen LogP contribution is -2.51. The van der Waals surface area contributed by atoms with Crippen LogP contribution in [0.2, 0.25) is 0 Å². The van der Waals surface area contributed by atoms with E-state index >= 15 is 0 Å². The Morgan fingerprint density at radius 2 is 1.95 bits per heavy atom. The number of amides is 1. The third kappa shape index (κ3) is 4.14. The summed E-state index contributed by atoms with van der Waals surface area (Å²) in [5.74, 6) is 0.871. The molecule has 1 atom stereocenters. The average Bonchev–Trinajstić information content (AvgIpc) is 2.53. The predicted octanol–water partition coefficient (Wildman–Crippen LogP) is 1.26. The molecule has 0 aromatic carbocycles. The van der Waals surface area contributed by atoms with Crippen molar-refractivity contribution in [3.05, 3.63) is 16.9 Å². The van der Waals surface area contributed by atoms with Crippen molar-refractivity contribution in [3.63, 3.8) is 0 Å².